The zero-order valence-electron chi connectivity index (χ0n) is 12.6. The Balaban J connectivity index is 2.62. The third-order valence-electron chi connectivity index (χ3n) is 2.52. The molecular formula is C15H22N2O4. The maximum Gasteiger partial charge on any atom is 0.322 e. The molecule has 116 valence electrons. The van der Waals surface area contributed by atoms with Crippen molar-refractivity contribution in [1.82, 2.24) is 5.43 Å². The predicted octanol–water partition coefficient (Wildman–Crippen LogP) is 1.15. The first-order chi connectivity index (χ1) is 9.83. The van der Waals surface area contributed by atoms with Crippen molar-refractivity contribution in [1.29, 1.82) is 0 Å². The average Bonchev–Trinajstić information content (AvgIpc) is 2.41. The summed E-state index contributed by atoms with van der Waals surface area (Å²) in [4.78, 5) is 24.0. The molecule has 6 heteroatoms. The Morgan fingerprint density at radius 3 is 2.33 bits per heavy atom. The highest BCUT2D eigenvalue weighted by Crippen LogP contribution is 2.13. The number of rotatable bonds is 6. The maximum absolute atomic E-state index is 12.0. The summed E-state index contributed by atoms with van der Waals surface area (Å²) in [5.74, 6) is 2.81. The molecule has 0 aliphatic carbocycles. The van der Waals surface area contributed by atoms with Crippen molar-refractivity contribution in [3.05, 3.63) is 35.9 Å². The van der Waals surface area contributed by atoms with Gasteiger partial charge in [0, 0.05) is 6.54 Å². The Hall–Kier alpha value is -1.92. The van der Waals surface area contributed by atoms with Gasteiger partial charge in [0.25, 0.3) is 0 Å². The molecule has 0 spiro atoms. The van der Waals surface area contributed by atoms with Crippen LogP contribution in [0.15, 0.2) is 30.3 Å². The van der Waals surface area contributed by atoms with E-state index in [9.17, 15) is 9.59 Å². The number of nitrogens with two attached hydrogens (primary N) is 1. The fourth-order valence-corrected chi connectivity index (χ4v) is 1.58. The molecule has 0 heterocycles. The second-order valence-electron chi connectivity index (χ2n) is 5.59. The van der Waals surface area contributed by atoms with Crippen LogP contribution in [0.2, 0.25) is 0 Å². The van der Waals surface area contributed by atoms with Crippen LogP contribution >= 0.6 is 0 Å². The molecule has 0 aliphatic heterocycles. The van der Waals surface area contributed by atoms with Crippen molar-refractivity contribution >= 4 is 11.9 Å². The van der Waals surface area contributed by atoms with Gasteiger partial charge in [-0.05, 0) is 26.3 Å². The van der Waals surface area contributed by atoms with Gasteiger partial charge in [0.1, 0.15) is 12.2 Å². The van der Waals surface area contributed by atoms with Crippen LogP contribution < -0.4 is 11.3 Å². The normalized spacial score (nSPS) is 12.6. The molecule has 1 aromatic rings. The molecule has 1 atom stereocenters. The van der Waals surface area contributed by atoms with Crippen LogP contribution in [0.4, 0.5) is 0 Å². The number of hydrazine groups is 1. The van der Waals surface area contributed by atoms with E-state index in [0.717, 1.165) is 5.56 Å². The van der Waals surface area contributed by atoms with Crippen molar-refractivity contribution in [3.63, 3.8) is 0 Å². The molecule has 6 nitrogen and oxygen atoms in total. The van der Waals surface area contributed by atoms with E-state index in [1.54, 1.807) is 20.8 Å². The number of ether oxygens (including phenoxy) is 2. The Kier molecular flexibility index (Phi) is 6.33. The third kappa shape index (κ3) is 6.37. The van der Waals surface area contributed by atoms with Gasteiger partial charge < -0.3 is 9.47 Å². The first-order valence-electron chi connectivity index (χ1n) is 6.70. The van der Waals surface area contributed by atoms with Crippen LogP contribution in [0, 0.1) is 5.92 Å². The molecular weight excluding hydrogens is 272 g/mol. The summed E-state index contributed by atoms with van der Waals surface area (Å²) < 4.78 is 10.3. The molecule has 0 unspecified atom stereocenters. The number of nitrogens with one attached hydrogen (secondary N) is 1. The van der Waals surface area contributed by atoms with Crippen molar-refractivity contribution in [2.75, 3.05) is 6.54 Å². The summed E-state index contributed by atoms with van der Waals surface area (Å²) in [6, 6.07) is 9.22. The molecule has 1 rings (SSSR count). The monoisotopic (exact) mass is 294 g/mol. The molecule has 0 saturated heterocycles. The summed E-state index contributed by atoms with van der Waals surface area (Å²) in [6.07, 6.45) is 0. The minimum Gasteiger partial charge on any atom is -0.460 e. The quantitative estimate of drug-likeness (QED) is 0.354. The van der Waals surface area contributed by atoms with Crippen LogP contribution in [0.5, 0.6) is 0 Å². The fraction of sp³-hybridized carbons (Fsp3) is 0.467. The van der Waals surface area contributed by atoms with E-state index in [0.29, 0.717) is 0 Å². The van der Waals surface area contributed by atoms with Gasteiger partial charge >= 0.3 is 11.9 Å². The van der Waals surface area contributed by atoms with Gasteiger partial charge in [-0.2, -0.15) is 0 Å². The standard InChI is InChI=1S/C15H22N2O4/c1-15(2,3)21-14(19)12(9-17-16)13(18)20-10-11-7-5-4-6-8-11/h4-8,12,17H,9-10,16H2,1-3H3/t12-/m0/s1. The van der Waals surface area contributed by atoms with Crippen LogP contribution in [0.3, 0.4) is 0 Å². The lowest BCUT2D eigenvalue weighted by molar-refractivity contribution is -0.169. The van der Waals surface area contributed by atoms with E-state index in [-0.39, 0.29) is 13.2 Å². The van der Waals surface area contributed by atoms with Crippen LogP contribution in [0.1, 0.15) is 26.3 Å². The molecule has 0 fully saturated rings. The fourth-order valence-electron chi connectivity index (χ4n) is 1.58. The smallest absolute Gasteiger partial charge is 0.322 e. The molecule has 0 saturated carbocycles. The first kappa shape index (κ1) is 17.1. The number of hydrogen-bond acceptors (Lipinski definition) is 6. The Bertz CT molecular complexity index is 468. The SMILES string of the molecule is CC(C)(C)OC(=O)[C@@H](CNN)C(=O)OCc1ccccc1. The van der Waals surface area contributed by atoms with Crippen LogP contribution in [-0.2, 0) is 25.7 Å². The second-order valence-corrected chi connectivity index (χ2v) is 5.59. The highest BCUT2D eigenvalue weighted by molar-refractivity contribution is 5.95. The van der Waals surface area contributed by atoms with Crippen molar-refractivity contribution in [2.45, 2.75) is 33.0 Å². The number of hydrogen-bond donors (Lipinski definition) is 2. The van der Waals surface area contributed by atoms with Crippen LogP contribution in [-0.4, -0.2) is 24.1 Å². The predicted molar refractivity (Wildman–Crippen MR) is 77.8 cm³/mol. The summed E-state index contributed by atoms with van der Waals surface area (Å²) in [5, 5.41) is 0. The molecule has 0 amide bonds. The average molecular weight is 294 g/mol. The molecule has 21 heavy (non-hydrogen) atoms. The Morgan fingerprint density at radius 2 is 1.81 bits per heavy atom. The minimum atomic E-state index is -1.09. The van der Waals surface area contributed by atoms with Gasteiger partial charge in [0.05, 0.1) is 0 Å². The van der Waals surface area contributed by atoms with E-state index < -0.39 is 23.5 Å². The summed E-state index contributed by atoms with van der Waals surface area (Å²) in [7, 11) is 0. The summed E-state index contributed by atoms with van der Waals surface area (Å²) >= 11 is 0. The van der Waals surface area contributed by atoms with Gasteiger partial charge in [-0.15, -0.1) is 0 Å². The Morgan fingerprint density at radius 1 is 1.19 bits per heavy atom. The van der Waals surface area contributed by atoms with E-state index in [2.05, 4.69) is 5.43 Å². The zero-order valence-corrected chi connectivity index (χ0v) is 12.6. The van der Waals surface area contributed by atoms with Crippen molar-refractivity contribution in [2.24, 2.45) is 11.8 Å². The second kappa shape index (κ2) is 7.75. The highest BCUT2D eigenvalue weighted by Gasteiger charge is 2.32. The van der Waals surface area contributed by atoms with Crippen molar-refractivity contribution in [3.8, 4) is 0 Å². The molecule has 3 N–H and O–H groups in total. The maximum atomic E-state index is 12.0. The number of carbonyl (C=O) groups is 2. The lowest BCUT2D eigenvalue weighted by atomic mass is 10.1. The van der Waals surface area contributed by atoms with Crippen LogP contribution in [0.25, 0.3) is 0 Å². The van der Waals surface area contributed by atoms with Gasteiger partial charge in [0.15, 0.2) is 5.92 Å². The van der Waals surface area contributed by atoms with E-state index in [1.807, 2.05) is 30.3 Å². The molecule has 1 aromatic carbocycles. The summed E-state index contributed by atoms with van der Waals surface area (Å²) in [5.41, 5.74) is 2.48. The zero-order chi connectivity index (χ0) is 15.9. The lowest BCUT2D eigenvalue weighted by Gasteiger charge is -2.23. The first-order valence-corrected chi connectivity index (χ1v) is 6.70. The lowest BCUT2D eigenvalue weighted by Crippen LogP contribution is -2.41. The summed E-state index contributed by atoms with van der Waals surface area (Å²) in [6.45, 7) is 5.25. The van der Waals surface area contributed by atoms with E-state index >= 15 is 0 Å². The van der Waals surface area contributed by atoms with Gasteiger partial charge in [-0.25, -0.2) is 0 Å². The topological polar surface area (TPSA) is 90.6 Å². The van der Waals surface area contributed by atoms with Crippen molar-refractivity contribution < 1.29 is 19.1 Å². The molecule has 0 radical (unpaired) electrons. The molecule has 0 aromatic heterocycles. The Labute approximate surface area is 124 Å². The van der Waals surface area contributed by atoms with Gasteiger partial charge in [0.2, 0.25) is 0 Å². The van der Waals surface area contributed by atoms with Gasteiger partial charge in [-0.1, -0.05) is 30.3 Å². The number of esters is 2. The largest absolute Gasteiger partial charge is 0.460 e. The third-order valence-corrected chi connectivity index (χ3v) is 2.52. The van der Waals surface area contributed by atoms with E-state index in [4.69, 9.17) is 15.3 Å². The molecule has 0 bridgehead atoms. The van der Waals surface area contributed by atoms with E-state index in [1.165, 1.54) is 0 Å². The number of carbonyl (C=O) groups excluding carboxylic acids is 2. The molecule has 0 aliphatic rings. The highest BCUT2D eigenvalue weighted by atomic mass is 16.6. The van der Waals surface area contributed by atoms with Gasteiger partial charge in [-0.3, -0.25) is 20.9 Å². The minimum absolute atomic E-state index is 0.0392. The number of benzene rings is 1.